The third kappa shape index (κ3) is 6.68. The van der Waals surface area contributed by atoms with Crippen LogP contribution in [0.1, 0.15) is 24.2 Å². The molecule has 1 fully saturated rings. The highest BCUT2D eigenvalue weighted by Crippen LogP contribution is 2.42. The fourth-order valence-electron chi connectivity index (χ4n) is 4.83. The zero-order chi connectivity index (χ0) is 31.9. The van der Waals surface area contributed by atoms with Crippen LogP contribution in [0.3, 0.4) is 0 Å². The first-order valence-electron chi connectivity index (χ1n) is 13.6. The van der Waals surface area contributed by atoms with Gasteiger partial charge in [-0.15, -0.1) is 22.7 Å². The molecule has 2 aromatic heterocycles. The minimum absolute atomic E-state index is 0.0132. The summed E-state index contributed by atoms with van der Waals surface area (Å²) < 4.78 is 10.2. The normalized spacial score (nSPS) is 17.5. The van der Waals surface area contributed by atoms with Gasteiger partial charge in [0.25, 0.3) is 11.8 Å². The molecule has 3 aromatic rings. The Morgan fingerprint density at radius 1 is 1.09 bits per heavy atom. The minimum Gasteiger partial charge on any atom is -0.457 e. The van der Waals surface area contributed by atoms with Crippen molar-refractivity contribution in [3.63, 3.8) is 0 Å². The molecule has 2 N–H and O–H groups in total. The third-order valence-corrected chi connectivity index (χ3v) is 8.42. The van der Waals surface area contributed by atoms with Crippen LogP contribution in [0.4, 0.5) is 9.93 Å². The average Bonchev–Trinajstić information content (AvgIpc) is 3.74. The van der Waals surface area contributed by atoms with E-state index in [9.17, 15) is 19.2 Å². The fraction of sp³-hybridized carbons (Fsp3) is 0.233. The lowest BCUT2D eigenvalue weighted by Crippen LogP contribution is -2.72. The number of allylic oxidation sites excluding steroid dienone is 1. The van der Waals surface area contributed by atoms with Crippen molar-refractivity contribution in [3.05, 3.63) is 83.5 Å². The quantitative estimate of drug-likeness (QED) is 0.0973. The fourth-order valence-corrected chi connectivity index (χ4v) is 6.36. The maximum atomic E-state index is 13.5. The van der Waals surface area contributed by atoms with Crippen LogP contribution in [0.15, 0.2) is 77.3 Å². The average molecular weight is 649 g/mol. The number of benzene rings is 1. The first kappa shape index (κ1) is 31.3. The Bertz CT molecular complexity index is 1700. The number of oxime groups is 1. The van der Waals surface area contributed by atoms with Crippen LogP contribution in [0.5, 0.6) is 0 Å². The number of β-lactam (4-membered cyclic amide) rings is 1. The largest absolute Gasteiger partial charge is 0.457 e. The van der Waals surface area contributed by atoms with E-state index in [-0.39, 0.29) is 35.4 Å². The highest BCUT2D eigenvalue weighted by molar-refractivity contribution is 7.14. The predicted molar refractivity (Wildman–Crippen MR) is 168 cm³/mol. The van der Waals surface area contributed by atoms with Crippen molar-refractivity contribution in [1.29, 1.82) is 0 Å². The van der Waals surface area contributed by atoms with E-state index in [0.29, 0.717) is 24.1 Å². The molecule has 1 aromatic carbocycles. The Hall–Kier alpha value is -5.15. The van der Waals surface area contributed by atoms with Crippen LogP contribution in [-0.4, -0.2) is 76.9 Å². The highest BCUT2D eigenvalue weighted by Gasteiger charge is 2.54. The Morgan fingerprint density at radius 2 is 1.84 bits per heavy atom. The molecule has 0 unspecified atom stereocenters. The summed E-state index contributed by atoms with van der Waals surface area (Å²) in [7, 11) is 1.26. The molecule has 3 amide bonds. The van der Waals surface area contributed by atoms with E-state index in [0.717, 1.165) is 21.9 Å². The summed E-state index contributed by atoms with van der Waals surface area (Å²) in [5.41, 5.74) is 2.11. The van der Waals surface area contributed by atoms with Gasteiger partial charge in [-0.3, -0.25) is 19.8 Å². The summed E-state index contributed by atoms with van der Waals surface area (Å²) in [6.45, 7) is 7.04. The van der Waals surface area contributed by atoms with Crippen molar-refractivity contribution in [2.75, 3.05) is 25.6 Å². The number of fused-ring (bicyclic) bond motifs is 1. The number of carbonyl (C=O) groups excluding carboxylic acids is 4. The number of aromatic nitrogens is 2. The number of thiazole rings is 2. The second-order valence-electron chi connectivity index (χ2n) is 9.56. The van der Waals surface area contributed by atoms with E-state index >= 15 is 0 Å². The van der Waals surface area contributed by atoms with Crippen molar-refractivity contribution in [2.24, 2.45) is 5.16 Å². The topological polar surface area (TPSA) is 161 Å². The number of nitrogens with zero attached hydrogens (tertiary/aromatic N) is 4. The van der Waals surface area contributed by atoms with Crippen LogP contribution in [-0.2, 0) is 28.7 Å². The van der Waals surface area contributed by atoms with Gasteiger partial charge in [-0.25, -0.2) is 19.6 Å². The molecule has 2 atom stereocenters. The van der Waals surface area contributed by atoms with Gasteiger partial charge in [0.15, 0.2) is 10.8 Å². The molecule has 5 rings (SSSR count). The molecule has 0 spiro atoms. The number of carbonyl (C=O) groups is 4. The van der Waals surface area contributed by atoms with Crippen molar-refractivity contribution in [2.45, 2.75) is 24.9 Å². The summed E-state index contributed by atoms with van der Waals surface area (Å²) in [4.78, 5) is 67.2. The minimum atomic E-state index is -0.941. The maximum Gasteiger partial charge on any atom is 0.413 e. The lowest BCUT2D eigenvalue weighted by molar-refractivity contribution is -0.156. The number of nitrogens with one attached hydrogen (secondary N) is 2. The number of amides is 3. The number of esters is 1. The predicted octanol–water partition coefficient (Wildman–Crippen LogP) is 3.98. The number of anilines is 1. The summed E-state index contributed by atoms with van der Waals surface area (Å²) >= 11 is 2.47. The molecule has 0 saturated carbocycles. The van der Waals surface area contributed by atoms with Crippen molar-refractivity contribution < 1.29 is 33.5 Å². The van der Waals surface area contributed by atoms with E-state index in [2.05, 4.69) is 33.9 Å². The molecule has 0 radical (unpaired) electrons. The third-order valence-electron chi connectivity index (χ3n) is 6.77. The Kier molecular flexibility index (Phi) is 9.79. The maximum absolute atomic E-state index is 13.5. The second kappa shape index (κ2) is 14.1. The molecular formula is C30H28N6O7S2. The molecule has 4 heterocycles. The molecule has 2 aliphatic rings. The number of rotatable bonds is 12. The molecule has 45 heavy (non-hydrogen) atoms. The zero-order valence-electron chi connectivity index (χ0n) is 24.1. The molecule has 2 aliphatic heterocycles. The van der Waals surface area contributed by atoms with Gasteiger partial charge in [0.1, 0.15) is 42.8 Å². The summed E-state index contributed by atoms with van der Waals surface area (Å²) in [5, 5.41) is 13.2. The van der Waals surface area contributed by atoms with Crippen molar-refractivity contribution >= 4 is 63.0 Å². The first-order chi connectivity index (χ1) is 21.9. The molecule has 0 aliphatic carbocycles. The first-order valence-corrected chi connectivity index (χ1v) is 15.4. The SMILES string of the molecule is C=CCOC(=O)Nc1nc(/C(=N/OC)C(=O)N[C@@H]2C(=O)N3C(C(=O)OCC=C)=C(c4csc(-c5ccccc5)n4)CC[C@H]23)cs1. The summed E-state index contributed by atoms with van der Waals surface area (Å²) in [6, 6.07) is 8.19. The molecular weight excluding hydrogens is 620 g/mol. The van der Waals surface area contributed by atoms with Gasteiger partial charge in [-0.1, -0.05) is 60.8 Å². The summed E-state index contributed by atoms with van der Waals surface area (Å²) in [6.07, 6.45) is 2.98. The van der Waals surface area contributed by atoms with Crippen LogP contribution < -0.4 is 10.6 Å². The molecule has 15 heteroatoms. The van der Waals surface area contributed by atoms with Gasteiger partial charge in [0, 0.05) is 21.9 Å². The van der Waals surface area contributed by atoms with Crippen LogP contribution in [0.25, 0.3) is 16.1 Å². The van der Waals surface area contributed by atoms with E-state index in [1.165, 1.54) is 40.9 Å². The van der Waals surface area contributed by atoms with Gasteiger partial charge in [0.2, 0.25) is 0 Å². The van der Waals surface area contributed by atoms with E-state index in [4.69, 9.17) is 19.3 Å². The lowest BCUT2D eigenvalue weighted by Gasteiger charge is -2.50. The Balaban J connectivity index is 1.35. The number of hydrogen-bond donors (Lipinski definition) is 2. The van der Waals surface area contributed by atoms with Gasteiger partial charge >= 0.3 is 12.1 Å². The van der Waals surface area contributed by atoms with Gasteiger partial charge in [-0.05, 0) is 12.8 Å². The van der Waals surface area contributed by atoms with Crippen LogP contribution in [0, 0.1) is 0 Å². The van der Waals surface area contributed by atoms with E-state index in [1.54, 1.807) is 0 Å². The molecule has 0 bridgehead atoms. The molecule has 1 saturated heterocycles. The second-order valence-corrected chi connectivity index (χ2v) is 11.3. The van der Waals surface area contributed by atoms with Gasteiger partial charge < -0.3 is 19.6 Å². The Labute approximate surface area is 265 Å². The highest BCUT2D eigenvalue weighted by atomic mass is 32.1. The zero-order valence-corrected chi connectivity index (χ0v) is 25.7. The number of hydrogen-bond acceptors (Lipinski definition) is 12. The van der Waals surface area contributed by atoms with Gasteiger partial charge in [0.05, 0.1) is 11.7 Å². The Morgan fingerprint density at radius 3 is 2.58 bits per heavy atom. The lowest BCUT2D eigenvalue weighted by atomic mass is 9.82. The smallest absolute Gasteiger partial charge is 0.413 e. The van der Waals surface area contributed by atoms with E-state index < -0.39 is 36.0 Å². The van der Waals surface area contributed by atoms with E-state index in [1.807, 2.05) is 35.7 Å². The van der Waals surface area contributed by atoms with Gasteiger partial charge in [-0.2, -0.15) is 0 Å². The van der Waals surface area contributed by atoms with Crippen molar-refractivity contribution in [1.82, 2.24) is 20.2 Å². The standard InChI is InChI=1S/C30H28N6O7S2/c1-4-13-42-28(39)24-18(19-15-44-26(31-19)17-9-7-6-8-10-17)11-12-21-23(27(38)36(21)24)33-25(37)22(35-41-3)20-16-45-29(32-20)34-30(40)43-14-5-2/h4-10,15-16,21,23H,1-2,11-14H2,3H3,(H,33,37)(H,32,34,40)/b35-22-/t21-,23+/m1/s1. The monoisotopic (exact) mass is 648 g/mol. The van der Waals surface area contributed by atoms with Crippen LogP contribution in [0.2, 0.25) is 0 Å². The number of ether oxygens (including phenoxy) is 2. The molecule has 232 valence electrons. The van der Waals surface area contributed by atoms with Crippen molar-refractivity contribution in [3.8, 4) is 10.6 Å². The van der Waals surface area contributed by atoms with Crippen LogP contribution >= 0.6 is 22.7 Å². The summed E-state index contributed by atoms with van der Waals surface area (Å²) in [5.74, 6) is -1.90. The molecule has 13 nitrogen and oxygen atoms in total.